The monoisotopic (exact) mass is 354 g/mol. The summed E-state index contributed by atoms with van der Waals surface area (Å²) in [7, 11) is 1.58. The van der Waals surface area contributed by atoms with Gasteiger partial charge in [0.25, 0.3) is 5.91 Å². The maximum absolute atomic E-state index is 12.6. The van der Waals surface area contributed by atoms with Crippen LogP contribution in [0.15, 0.2) is 42.5 Å². The van der Waals surface area contributed by atoms with Crippen molar-refractivity contribution in [3.63, 3.8) is 0 Å². The number of fused-ring (bicyclic) bond motifs is 1. The van der Waals surface area contributed by atoms with Crippen LogP contribution in [0.3, 0.4) is 0 Å². The van der Waals surface area contributed by atoms with Gasteiger partial charge in [0.2, 0.25) is 12.0 Å². The molecule has 1 heterocycles. The Morgan fingerprint density at radius 3 is 2.42 bits per heavy atom. The molecule has 0 fully saturated rings. The second kappa shape index (κ2) is 7.47. The summed E-state index contributed by atoms with van der Waals surface area (Å²) in [6.45, 7) is 3.93. The molecule has 26 heavy (non-hydrogen) atoms. The summed E-state index contributed by atoms with van der Waals surface area (Å²) in [5.41, 5.74) is 2.74. The van der Waals surface area contributed by atoms with Crippen LogP contribution in [0, 0.1) is 13.8 Å². The zero-order valence-corrected chi connectivity index (χ0v) is 15.1. The van der Waals surface area contributed by atoms with Crippen LogP contribution in [0.2, 0.25) is 0 Å². The molecule has 2 aromatic carbocycles. The molecule has 0 radical (unpaired) electrons. The van der Waals surface area contributed by atoms with Gasteiger partial charge < -0.3 is 19.7 Å². The van der Waals surface area contributed by atoms with Gasteiger partial charge in [-0.1, -0.05) is 30.3 Å². The molecule has 0 spiro atoms. The van der Waals surface area contributed by atoms with Gasteiger partial charge in [0, 0.05) is 12.7 Å². The van der Waals surface area contributed by atoms with Crippen LogP contribution in [0.5, 0.6) is 11.5 Å². The molecule has 1 aliphatic heterocycles. The fourth-order valence-corrected chi connectivity index (χ4v) is 2.87. The Morgan fingerprint density at radius 1 is 1.08 bits per heavy atom. The summed E-state index contributed by atoms with van der Waals surface area (Å²) in [6, 6.07) is 13.0. The van der Waals surface area contributed by atoms with E-state index in [0.29, 0.717) is 11.5 Å². The van der Waals surface area contributed by atoms with Gasteiger partial charge in [-0.3, -0.25) is 9.59 Å². The number of rotatable bonds is 4. The third kappa shape index (κ3) is 3.79. The van der Waals surface area contributed by atoms with Gasteiger partial charge >= 0.3 is 0 Å². The van der Waals surface area contributed by atoms with Gasteiger partial charge in [0.1, 0.15) is 6.61 Å². The molecule has 0 saturated carbocycles. The Bertz CT molecular complexity index is 814. The number of benzene rings is 2. The number of anilines is 1. The number of likely N-dealkylation sites (N-methyl/N-ethyl adjacent to an activating group) is 1. The molecule has 0 bridgehead atoms. The SMILES string of the molecule is Cc1cccc(C)c1NC(=O)CN(C)C(=O)C1COc2ccccc2O1. The highest BCUT2D eigenvalue weighted by Gasteiger charge is 2.30. The second-order valence-electron chi connectivity index (χ2n) is 6.37. The molecular formula is C20H22N2O4. The van der Waals surface area contributed by atoms with E-state index in [-0.39, 0.29) is 25.0 Å². The van der Waals surface area contributed by atoms with Crippen LogP contribution in [-0.2, 0) is 9.59 Å². The van der Waals surface area contributed by atoms with Crippen molar-refractivity contribution in [3.8, 4) is 11.5 Å². The van der Waals surface area contributed by atoms with Crippen molar-refractivity contribution in [1.82, 2.24) is 4.90 Å². The summed E-state index contributed by atoms with van der Waals surface area (Å²) >= 11 is 0. The Labute approximate surface area is 152 Å². The number of amides is 2. The molecule has 1 aliphatic rings. The van der Waals surface area contributed by atoms with E-state index in [1.165, 1.54) is 4.90 Å². The summed E-state index contributed by atoms with van der Waals surface area (Å²) in [5, 5.41) is 2.88. The van der Waals surface area contributed by atoms with Gasteiger partial charge in [0.15, 0.2) is 11.5 Å². The molecule has 1 atom stereocenters. The molecule has 2 amide bonds. The third-order valence-electron chi connectivity index (χ3n) is 4.29. The van der Waals surface area contributed by atoms with Crippen LogP contribution < -0.4 is 14.8 Å². The summed E-state index contributed by atoms with van der Waals surface area (Å²) in [4.78, 5) is 26.3. The van der Waals surface area contributed by atoms with E-state index in [4.69, 9.17) is 9.47 Å². The largest absolute Gasteiger partial charge is 0.485 e. The van der Waals surface area contributed by atoms with Crippen molar-refractivity contribution in [2.75, 3.05) is 25.5 Å². The van der Waals surface area contributed by atoms with Gasteiger partial charge in [-0.05, 0) is 37.1 Å². The number of carbonyl (C=O) groups is 2. The number of aryl methyl sites for hydroxylation is 2. The maximum Gasteiger partial charge on any atom is 0.267 e. The topological polar surface area (TPSA) is 67.9 Å². The number of ether oxygens (including phenoxy) is 2. The zero-order valence-electron chi connectivity index (χ0n) is 15.1. The minimum absolute atomic E-state index is 0.0614. The van der Waals surface area contributed by atoms with E-state index < -0.39 is 6.10 Å². The van der Waals surface area contributed by atoms with Crippen molar-refractivity contribution in [1.29, 1.82) is 0 Å². The smallest absolute Gasteiger partial charge is 0.267 e. The van der Waals surface area contributed by atoms with Gasteiger partial charge in [0.05, 0.1) is 6.54 Å². The second-order valence-corrected chi connectivity index (χ2v) is 6.37. The quantitative estimate of drug-likeness (QED) is 0.916. The summed E-state index contributed by atoms with van der Waals surface area (Å²) in [6.07, 6.45) is -0.761. The first-order chi connectivity index (χ1) is 12.5. The third-order valence-corrected chi connectivity index (χ3v) is 4.29. The van der Waals surface area contributed by atoms with Gasteiger partial charge in [-0.2, -0.15) is 0 Å². The predicted molar refractivity (Wildman–Crippen MR) is 98.5 cm³/mol. The average Bonchev–Trinajstić information content (AvgIpc) is 2.63. The van der Waals surface area contributed by atoms with Gasteiger partial charge in [-0.15, -0.1) is 0 Å². The van der Waals surface area contributed by atoms with Crippen LogP contribution in [0.1, 0.15) is 11.1 Å². The molecule has 0 saturated heterocycles. The lowest BCUT2D eigenvalue weighted by Gasteiger charge is -2.28. The lowest BCUT2D eigenvalue weighted by atomic mass is 10.1. The molecule has 3 rings (SSSR count). The van der Waals surface area contributed by atoms with E-state index >= 15 is 0 Å². The molecule has 136 valence electrons. The van der Waals surface area contributed by atoms with Crippen molar-refractivity contribution >= 4 is 17.5 Å². The molecule has 0 aliphatic carbocycles. The van der Waals surface area contributed by atoms with Crippen molar-refractivity contribution in [3.05, 3.63) is 53.6 Å². The van der Waals surface area contributed by atoms with Crippen LogP contribution in [0.4, 0.5) is 5.69 Å². The van der Waals surface area contributed by atoms with Crippen molar-refractivity contribution in [2.24, 2.45) is 0 Å². The van der Waals surface area contributed by atoms with E-state index in [1.54, 1.807) is 19.2 Å². The zero-order chi connectivity index (χ0) is 18.7. The maximum atomic E-state index is 12.6. The molecule has 6 nitrogen and oxygen atoms in total. The standard InChI is InChI=1S/C20H22N2O4/c1-13-7-6-8-14(2)19(13)21-18(23)11-22(3)20(24)17-12-25-15-9-4-5-10-16(15)26-17/h4-10,17H,11-12H2,1-3H3,(H,21,23). The first-order valence-corrected chi connectivity index (χ1v) is 8.45. The Balaban J connectivity index is 1.60. The summed E-state index contributed by atoms with van der Waals surface area (Å²) < 4.78 is 11.3. The van der Waals surface area contributed by atoms with E-state index in [2.05, 4.69) is 5.32 Å². The highest BCUT2D eigenvalue weighted by molar-refractivity contribution is 5.96. The highest BCUT2D eigenvalue weighted by atomic mass is 16.6. The fraction of sp³-hybridized carbons (Fsp3) is 0.300. The molecular weight excluding hydrogens is 332 g/mol. The molecule has 6 heteroatoms. The van der Waals surface area contributed by atoms with E-state index in [0.717, 1.165) is 16.8 Å². The number of para-hydroxylation sites is 3. The minimum atomic E-state index is -0.761. The fourth-order valence-electron chi connectivity index (χ4n) is 2.87. The lowest BCUT2D eigenvalue weighted by Crippen LogP contribution is -2.47. The average molecular weight is 354 g/mol. The number of nitrogens with zero attached hydrogens (tertiary/aromatic N) is 1. The molecule has 0 aromatic heterocycles. The number of nitrogens with one attached hydrogen (secondary N) is 1. The number of hydrogen-bond donors (Lipinski definition) is 1. The molecule has 1 unspecified atom stereocenters. The predicted octanol–water partition coefficient (Wildman–Crippen LogP) is 2.54. The number of hydrogen-bond acceptors (Lipinski definition) is 4. The first kappa shape index (κ1) is 17.8. The molecule has 1 N–H and O–H groups in total. The minimum Gasteiger partial charge on any atom is -0.485 e. The van der Waals surface area contributed by atoms with Crippen LogP contribution in [0.25, 0.3) is 0 Å². The van der Waals surface area contributed by atoms with E-state index in [1.807, 2.05) is 44.2 Å². The number of carbonyl (C=O) groups excluding carboxylic acids is 2. The Kier molecular flexibility index (Phi) is 5.11. The molecule has 2 aromatic rings. The van der Waals surface area contributed by atoms with Crippen LogP contribution >= 0.6 is 0 Å². The van der Waals surface area contributed by atoms with Crippen LogP contribution in [-0.4, -0.2) is 43.0 Å². The highest BCUT2D eigenvalue weighted by Crippen LogP contribution is 2.31. The Hall–Kier alpha value is -3.02. The Morgan fingerprint density at radius 2 is 1.73 bits per heavy atom. The van der Waals surface area contributed by atoms with E-state index in [9.17, 15) is 9.59 Å². The summed E-state index contributed by atoms with van der Waals surface area (Å²) in [5.74, 6) is 0.601. The van der Waals surface area contributed by atoms with Crippen molar-refractivity contribution < 1.29 is 19.1 Å². The van der Waals surface area contributed by atoms with Gasteiger partial charge in [-0.25, -0.2) is 0 Å². The normalized spacial score (nSPS) is 15.3. The first-order valence-electron chi connectivity index (χ1n) is 8.45. The van der Waals surface area contributed by atoms with Crippen molar-refractivity contribution in [2.45, 2.75) is 20.0 Å². The lowest BCUT2D eigenvalue weighted by molar-refractivity contribution is -0.141.